The van der Waals surface area contributed by atoms with Gasteiger partial charge in [0.25, 0.3) is 0 Å². The Morgan fingerprint density at radius 2 is 1.92 bits per heavy atom. The van der Waals surface area contributed by atoms with Crippen molar-refractivity contribution in [3.8, 4) is 11.5 Å². The van der Waals surface area contributed by atoms with Crippen LogP contribution in [0.4, 0.5) is 0 Å². The Kier molecular flexibility index (Phi) is 11.4. The van der Waals surface area contributed by atoms with Crippen LogP contribution in [0.1, 0.15) is 45.6 Å². The summed E-state index contributed by atoms with van der Waals surface area (Å²) in [6, 6.07) is 5.26. The zero-order chi connectivity index (χ0) is 27.7. The molecule has 0 aromatic heterocycles. The number of methoxy groups -OCH3 is 1. The van der Waals surface area contributed by atoms with Gasteiger partial charge in [0.1, 0.15) is 18.3 Å². The molecule has 10 heteroatoms. The number of ether oxygens (including phenoxy) is 4. The highest BCUT2D eigenvalue weighted by Gasteiger charge is 2.32. The fourth-order valence-electron chi connectivity index (χ4n) is 4.76. The largest absolute Gasteiger partial charge is 0.454 e. The first-order chi connectivity index (χ1) is 18.2. The van der Waals surface area contributed by atoms with E-state index in [9.17, 15) is 19.8 Å². The highest BCUT2D eigenvalue weighted by Crippen LogP contribution is 2.32. The van der Waals surface area contributed by atoms with Gasteiger partial charge >= 0.3 is 0 Å². The number of benzene rings is 1. The molecule has 2 aliphatic rings. The van der Waals surface area contributed by atoms with E-state index in [0.717, 1.165) is 5.56 Å². The van der Waals surface area contributed by atoms with Gasteiger partial charge in [-0.05, 0) is 49.0 Å². The van der Waals surface area contributed by atoms with E-state index >= 15 is 0 Å². The van der Waals surface area contributed by atoms with Crippen molar-refractivity contribution in [2.45, 2.75) is 64.4 Å². The van der Waals surface area contributed by atoms with E-state index in [1.54, 1.807) is 17.1 Å². The monoisotopic (exact) mass is 534 g/mol. The highest BCUT2D eigenvalue weighted by atomic mass is 16.7. The quantitative estimate of drug-likeness (QED) is 0.552. The van der Waals surface area contributed by atoms with Crippen molar-refractivity contribution in [2.24, 2.45) is 5.92 Å². The first kappa shape index (κ1) is 29.9. The first-order valence-electron chi connectivity index (χ1n) is 13.3. The summed E-state index contributed by atoms with van der Waals surface area (Å²) < 4.78 is 21.8. The number of rotatable bonds is 5. The molecule has 0 unspecified atom stereocenters. The van der Waals surface area contributed by atoms with Crippen molar-refractivity contribution in [2.75, 3.05) is 46.8 Å². The third-order valence-corrected chi connectivity index (χ3v) is 6.86. The van der Waals surface area contributed by atoms with Crippen LogP contribution in [-0.4, -0.2) is 103 Å². The number of hydrogen-bond acceptors (Lipinski definition) is 8. The Balaban J connectivity index is 1.86. The molecule has 2 heterocycles. The van der Waals surface area contributed by atoms with Crippen LogP contribution in [0.3, 0.4) is 0 Å². The smallest absolute Gasteiger partial charge is 0.246 e. The molecule has 2 aliphatic heterocycles. The van der Waals surface area contributed by atoms with E-state index in [-0.39, 0.29) is 50.3 Å². The zero-order valence-corrected chi connectivity index (χ0v) is 22.9. The van der Waals surface area contributed by atoms with Crippen LogP contribution in [0.25, 0.3) is 6.08 Å². The fourth-order valence-corrected chi connectivity index (χ4v) is 4.76. The van der Waals surface area contributed by atoms with E-state index in [2.05, 4.69) is 13.8 Å². The molecule has 38 heavy (non-hydrogen) atoms. The number of aliphatic hydroxyl groups is 2. The molecular weight excluding hydrogens is 492 g/mol. The minimum atomic E-state index is -1.23. The molecule has 1 aromatic carbocycles. The molecule has 10 nitrogen and oxygen atoms in total. The minimum absolute atomic E-state index is 0.0437. The van der Waals surface area contributed by atoms with Gasteiger partial charge in [-0.3, -0.25) is 9.59 Å². The molecule has 0 bridgehead atoms. The van der Waals surface area contributed by atoms with Crippen LogP contribution in [0, 0.1) is 5.92 Å². The number of nitrogens with zero attached hydrogens (tertiary/aromatic N) is 2. The van der Waals surface area contributed by atoms with E-state index in [1.807, 2.05) is 23.1 Å². The molecule has 1 fully saturated rings. The lowest BCUT2D eigenvalue weighted by Gasteiger charge is -2.38. The molecule has 0 saturated carbocycles. The van der Waals surface area contributed by atoms with Gasteiger partial charge in [-0.1, -0.05) is 19.9 Å². The lowest BCUT2D eigenvalue weighted by molar-refractivity contribution is -0.140. The summed E-state index contributed by atoms with van der Waals surface area (Å²) in [6.45, 7) is 7.02. The molecule has 4 atom stereocenters. The van der Waals surface area contributed by atoms with Crippen molar-refractivity contribution in [3.63, 3.8) is 0 Å². The lowest BCUT2D eigenvalue weighted by atomic mass is 10.00. The Morgan fingerprint density at radius 1 is 1.16 bits per heavy atom. The molecule has 2 N–H and O–H groups in total. The topological polar surface area (TPSA) is 118 Å². The molecule has 2 amide bonds. The number of hydrogen-bond donors (Lipinski definition) is 2. The maximum absolute atomic E-state index is 13.6. The maximum Gasteiger partial charge on any atom is 0.246 e. The fraction of sp³-hybridized carbons (Fsp3) is 0.643. The molecule has 3 rings (SSSR count). The molecule has 212 valence electrons. The van der Waals surface area contributed by atoms with Gasteiger partial charge in [0.2, 0.25) is 18.6 Å². The Hall–Kier alpha value is -2.66. The summed E-state index contributed by atoms with van der Waals surface area (Å²) in [5.74, 6) is 1.25. The standard InChI is InChI=1S/C28H42N2O8/c1-19(2)13-22-15-29(20(3)31)16-26(35-4)28(34)23(32)17-36-12-6-5-11-30(22)27(33)10-8-21-7-9-24-25(14-21)38-18-37-24/h7-10,14,19,22-23,26,28,32,34H,5-6,11-13,15-18H2,1-4H3/b10-8+/t22-,23+,26+,28+/m0/s1. The van der Waals surface area contributed by atoms with Gasteiger partial charge in [0.15, 0.2) is 11.5 Å². The van der Waals surface area contributed by atoms with Gasteiger partial charge in [-0.2, -0.15) is 0 Å². The number of fused-ring (bicyclic) bond motifs is 1. The second kappa shape index (κ2) is 14.5. The predicted molar refractivity (Wildman–Crippen MR) is 142 cm³/mol. The third-order valence-electron chi connectivity index (χ3n) is 6.86. The van der Waals surface area contributed by atoms with Gasteiger partial charge < -0.3 is 39.0 Å². The van der Waals surface area contributed by atoms with E-state index in [4.69, 9.17) is 18.9 Å². The summed E-state index contributed by atoms with van der Waals surface area (Å²) in [6.07, 6.45) is 2.20. The number of aliphatic hydroxyl groups excluding tert-OH is 2. The summed E-state index contributed by atoms with van der Waals surface area (Å²) >= 11 is 0. The predicted octanol–water partition coefficient (Wildman–Crippen LogP) is 2.07. The molecule has 1 saturated heterocycles. The molecule has 0 radical (unpaired) electrons. The SMILES string of the molecule is CO[C@@H]1CN(C(C)=O)C[C@H](CC(C)C)N(C(=O)/C=C/c2ccc3c(c2)OCO3)CCCCOC[C@@H](O)[C@H]1O. The van der Waals surface area contributed by atoms with Gasteiger partial charge in [0, 0.05) is 52.4 Å². The average molecular weight is 535 g/mol. The average Bonchev–Trinajstić information content (AvgIpc) is 3.35. The second-order valence-corrected chi connectivity index (χ2v) is 10.3. The Bertz CT molecular complexity index is 953. The summed E-state index contributed by atoms with van der Waals surface area (Å²) in [5.41, 5.74) is 0.819. The molecule has 1 aromatic rings. The lowest BCUT2D eigenvalue weighted by Crippen LogP contribution is -2.53. The van der Waals surface area contributed by atoms with Crippen molar-refractivity contribution in [1.82, 2.24) is 9.80 Å². The van der Waals surface area contributed by atoms with Crippen molar-refractivity contribution >= 4 is 17.9 Å². The normalized spacial score (nSPS) is 25.6. The van der Waals surface area contributed by atoms with Gasteiger partial charge in [0.05, 0.1) is 6.61 Å². The Labute approximate surface area is 225 Å². The van der Waals surface area contributed by atoms with Crippen LogP contribution in [0.5, 0.6) is 11.5 Å². The number of carbonyl (C=O) groups excluding carboxylic acids is 2. The van der Waals surface area contributed by atoms with E-state index < -0.39 is 18.3 Å². The second-order valence-electron chi connectivity index (χ2n) is 10.3. The highest BCUT2D eigenvalue weighted by molar-refractivity contribution is 5.92. The Morgan fingerprint density at radius 3 is 2.63 bits per heavy atom. The summed E-state index contributed by atoms with van der Waals surface area (Å²) in [7, 11) is 1.44. The minimum Gasteiger partial charge on any atom is -0.454 e. The number of amides is 2. The van der Waals surface area contributed by atoms with Gasteiger partial charge in [-0.25, -0.2) is 0 Å². The van der Waals surface area contributed by atoms with Crippen molar-refractivity contribution in [3.05, 3.63) is 29.8 Å². The van der Waals surface area contributed by atoms with Crippen LogP contribution in [-0.2, 0) is 19.1 Å². The van der Waals surface area contributed by atoms with E-state index in [1.165, 1.54) is 14.0 Å². The van der Waals surface area contributed by atoms with Crippen molar-refractivity contribution in [1.29, 1.82) is 0 Å². The van der Waals surface area contributed by atoms with Crippen LogP contribution in [0.2, 0.25) is 0 Å². The van der Waals surface area contributed by atoms with Crippen LogP contribution in [0.15, 0.2) is 24.3 Å². The van der Waals surface area contributed by atoms with Crippen molar-refractivity contribution < 1.29 is 38.7 Å². The van der Waals surface area contributed by atoms with Crippen LogP contribution < -0.4 is 9.47 Å². The molecular formula is C28H42N2O8. The van der Waals surface area contributed by atoms with Gasteiger partial charge in [-0.15, -0.1) is 0 Å². The third kappa shape index (κ3) is 8.42. The first-order valence-corrected chi connectivity index (χ1v) is 13.3. The number of carbonyl (C=O) groups is 2. The molecule has 0 aliphatic carbocycles. The van der Waals surface area contributed by atoms with E-state index in [0.29, 0.717) is 43.9 Å². The van der Waals surface area contributed by atoms with Crippen LogP contribution >= 0.6 is 0 Å². The molecule has 0 spiro atoms. The summed E-state index contributed by atoms with van der Waals surface area (Å²) in [5, 5.41) is 21.0. The summed E-state index contributed by atoms with van der Waals surface area (Å²) in [4.78, 5) is 29.7. The maximum atomic E-state index is 13.6. The zero-order valence-electron chi connectivity index (χ0n) is 22.9.